The molecule has 1 aromatic heterocycles. The highest BCUT2D eigenvalue weighted by molar-refractivity contribution is 6.12. The van der Waals surface area contributed by atoms with E-state index in [0.717, 1.165) is 50.1 Å². The zero-order chi connectivity index (χ0) is 40.3. The Kier molecular flexibility index (Phi) is 8.11. The van der Waals surface area contributed by atoms with Crippen LogP contribution in [0.2, 0.25) is 0 Å². The molecule has 10 aromatic carbocycles. The van der Waals surface area contributed by atoms with Crippen LogP contribution in [0.3, 0.4) is 0 Å². The summed E-state index contributed by atoms with van der Waals surface area (Å²) in [6.45, 7) is 0. The van der Waals surface area contributed by atoms with E-state index in [4.69, 9.17) is 4.42 Å². The van der Waals surface area contributed by atoms with Crippen molar-refractivity contribution in [1.29, 1.82) is 0 Å². The lowest BCUT2D eigenvalue weighted by molar-refractivity contribution is 0.669. The molecule has 0 saturated carbocycles. The zero-order valence-corrected chi connectivity index (χ0v) is 33.4. The largest absolute Gasteiger partial charge is 0.456 e. The van der Waals surface area contributed by atoms with Gasteiger partial charge in [0.05, 0.1) is 11.1 Å². The first kappa shape index (κ1) is 35.0. The first-order valence-corrected chi connectivity index (χ1v) is 21.0. The minimum Gasteiger partial charge on any atom is -0.456 e. The van der Waals surface area contributed by atoms with Crippen molar-refractivity contribution in [3.05, 3.63) is 259 Å². The van der Waals surface area contributed by atoms with Crippen LogP contribution in [-0.2, 0) is 5.41 Å². The SMILES string of the molecule is c1ccc(C2(c3ccccc3)c3ccccc3-c3c(N(c4ccc(-c5cccc6ccccc56)cc4)c4ccc(-c5cccc6oc7ccccc7c56)cc4)cccc32)cc1. The van der Waals surface area contributed by atoms with E-state index >= 15 is 0 Å². The number of benzene rings is 10. The summed E-state index contributed by atoms with van der Waals surface area (Å²) in [6, 6.07) is 86.1. The second-order valence-electron chi connectivity index (χ2n) is 16.0. The predicted molar refractivity (Wildman–Crippen MR) is 254 cm³/mol. The Morgan fingerprint density at radius 1 is 0.344 bits per heavy atom. The van der Waals surface area contributed by atoms with Crippen molar-refractivity contribution in [3.63, 3.8) is 0 Å². The molecule has 1 aliphatic rings. The van der Waals surface area contributed by atoms with Gasteiger partial charge in [-0.2, -0.15) is 0 Å². The highest BCUT2D eigenvalue weighted by Crippen LogP contribution is 2.59. The van der Waals surface area contributed by atoms with E-state index in [9.17, 15) is 0 Å². The summed E-state index contributed by atoms with van der Waals surface area (Å²) in [7, 11) is 0. The van der Waals surface area contributed by atoms with E-state index in [1.165, 1.54) is 55.3 Å². The summed E-state index contributed by atoms with van der Waals surface area (Å²) in [5.74, 6) is 0. The highest BCUT2D eigenvalue weighted by Gasteiger charge is 2.47. The molecule has 286 valence electrons. The van der Waals surface area contributed by atoms with Crippen LogP contribution in [0.15, 0.2) is 241 Å². The van der Waals surface area contributed by atoms with Crippen LogP contribution in [0.25, 0.3) is 66.1 Å². The van der Waals surface area contributed by atoms with Gasteiger partial charge in [-0.15, -0.1) is 0 Å². The van der Waals surface area contributed by atoms with Crippen molar-refractivity contribution >= 4 is 49.8 Å². The Labute approximate surface area is 355 Å². The van der Waals surface area contributed by atoms with Gasteiger partial charge in [0.15, 0.2) is 0 Å². The van der Waals surface area contributed by atoms with Crippen molar-refractivity contribution in [1.82, 2.24) is 0 Å². The van der Waals surface area contributed by atoms with E-state index in [1.54, 1.807) is 0 Å². The molecule has 61 heavy (non-hydrogen) atoms. The fourth-order valence-electron chi connectivity index (χ4n) is 10.2. The second-order valence-corrected chi connectivity index (χ2v) is 16.0. The van der Waals surface area contributed by atoms with Crippen molar-refractivity contribution in [2.24, 2.45) is 0 Å². The van der Waals surface area contributed by atoms with Crippen LogP contribution in [-0.4, -0.2) is 0 Å². The number of hydrogen-bond donors (Lipinski definition) is 0. The van der Waals surface area contributed by atoms with Gasteiger partial charge in [0.25, 0.3) is 0 Å². The molecule has 1 aliphatic carbocycles. The Hall–Kier alpha value is -7.94. The van der Waals surface area contributed by atoms with Crippen molar-refractivity contribution in [2.75, 3.05) is 4.90 Å². The summed E-state index contributed by atoms with van der Waals surface area (Å²) in [5, 5.41) is 4.76. The van der Waals surface area contributed by atoms with E-state index in [-0.39, 0.29) is 0 Å². The molecule has 0 fully saturated rings. The third-order valence-electron chi connectivity index (χ3n) is 12.8. The molecule has 11 aromatic rings. The minimum atomic E-state index is -0.510. The van der Waals surface area contributed by atoms with Crippen LogP contribution in [0.5, 0.6) is 0 Å². The highest BCUT2D eigenvalue weighted by atomic mass is 16.3. The van der Waals surface area contributed by atoms with Crippen LogP contribution in [0, 0.1) is 0 Å². The minimum absolute atomic E-state index is 0.510. The van der Waals surface area contributed by atoms with Crippen molar-refractivity contribution in [3.8, 4) is 33.4 Å². The molecule has 0 bridgehead atoms. The summed E-state index contributed by atoms with van der Waals surface area (Å²) in [4.78, 5) is 2.45. The summed E-state index contributed by atoms with van der Waals surface area (Å²) < 4.78 is 6.30. The predicted octanol–water partition coefficient (Wildman–Crippen LogP) is 15.9. The number of furan rings is 1. The maximum absolute atomic E-state index is 6.30. The Morgan fingerprint density at radius 3 is 1.59 bits per heavy atom. The van der Waals surface area contributed by atoms with Crippen LogP contribution >= 0.6 is 0 Å². The van der Waals surface area contributed by atoms with E-state index in [2.05, 4.69) is 229 Å². The molecule has 12 rings (SSSR count). The zero-order valence-electron chi connectivity index (χ0n) is 33.4. The molecule has 0 spiro atoms. The Balaban J connectivity index is 1.08. The number of hydrogen-bond acceptors (Lipinski definition) is 2. The molecule has 0 aliphatic heterocycles. The van der Waals surface area contributed by atoms with Gasteiger partial charge >= 0.3 is 0 Å². The molecule has 0 atom stereocenters. The first-order chi connectivity index (χ1) is 30.3. The van der Waals surface area contributed by atoms with Crippen molar-refractivity contribution < 1.29 is 4.42 Å². The van der Waals surface area contributed by atoms with Gasteiger partial charge in [-0.25, -0.2) is 0 Å². The summed E-state index contributed by atoms with van der Waals surface area (Å²) in [5.41, 5.74) is 16.8. The van der Waals surface area contributed by atoms with Crippen LogP contribution in [0.1, 0.15) is 22.3 Å². The maximum atomic E-state index is 6.30. The fraction of sp³-hybridized carbons (Fsp3) is 0.0169. The van der Waals surface area contributed by atoms with E-state index in [0.29, 0.717) is 0 Å². The summed E-state index contributed by atoms with van der Waals surface area (Å²) in [6.07, 6.45) is 0. The molecule has 2 heteroatoms. The molecular formula is C59H39NO. The molecule has 0 N–H and O–H groups in total. The van der Waals surface area contributed by atoms with Gasteiger partial charge < -0.3 is 9.32 Å². The first-order valence-electron chi connectivity index (χ1n) is 21.0. The van der Waals surface area contributed by atoms with Gasteiger partial charge in [-0.05, 0) is 103 Å². The second kappa shape index (κ2) is 14.1. The average molecular weight is 778 g/mol. The third kappa shape index (κ3) is 5.43. The number of fused-ring (bicyclic) bond motifs is 7. The molecule has 0 radical (unpaired) electrons. The number of nitrogens with zero attached hydrogens (tertiary/aromatic N) is 1. The molecule has 0 unspecified atom stereocenters. The quantitative estimate of drug-likeness (QED) is 0.160. The van der Waals surface area contributed by atoms with Gasteiger partial charge in [-0.3, -0.25) is 0 Å². The van der Waals surface area contributed by atoms with E-state index in [1.807, 2.05) is 12.1 Å². The number of rotatable bonds is 7. The van der Waals surface area contributed by atoms with Crippen LogP contribution in [0.4, 0.5) is 17.1 Å². The molecule has 0 amide bonds. The van der Waals surface area contributed by atoms with Gasteiger partial charge in [0.1, 0.15) is 11.2 Å². The standard InChI is InChI=1S/C59H39NO/c1-3-18-43(19-4-1)59(44-20-5-2-6-21-44)52-27-11-9-23-50(52)58-53(59)28-15-29-54(58)60(45-36-32-41(33-37-45)48-25-13-17-40-16-7-8-22-47(40)48)46-38-34-42(35-39-46)49-26-14-31-56-57(49)51-24-10-12-30-55(51)61-56/h1-39H. The smallest absolute Gasteiger partial charge is 0.136 e. The Bertz CT molecular complexity index is 3360. The normalized spacial score (nSPS) is 12.7. The fourth-order valence-corrected chi connectivity index (χ4v) is 10.2. The Morgan fingerprint density at radius 2 is 0.852 bits per heavy atom. The van der Waals surface area contributed by atoms with Crippen LogP contribution < -0.4 is 4.90 Å². The molecule has 0 saturated heterocycles. The monoisotopic (exact) mass is 777 g/mol. The van der Waals surface area contributed by atoms with E-state index < -0.39 is 5.41 Å². The van der Waals surface area contributed by atoms with Gasteiger partial charge in [-0.1, -0.05) is 194 Å². The number of anilines is 3. The number of para-hydroxylation sites is 1. The van der Waals surface area contributed by atoms with Gasteiger partial charge in [0, 0.05) is 27.7 Å². The molecule has 2 nitrogen and oxygen atoms in total. The topological polar surface area (TPSA) is 16.4 Å². The lowest BCUT2D eigenvalue weighted by atomic mass is 9.68. The maximum Gasteiger partial charge on any atom is 0.136 e. The third-order valence-corrected chi connectivity index (χ3v) is 12.8. The average Bonchev–Trinajstić information content (AvgIpc) is 3.87. The van der Waals surface area contributed by atoms with Gasteiger partial charge in [0.2, 0.25) is 0 Å². The lowest BCUT2D eigenvalue weighted by Crippen LogP contribution is -2.28. The molecule has 1 heterocycles. The lowest BCUT2D eigenvalue weighted by Gasteiger charge is -2.34. The van der Waals surface area contributed by atoms with Crippen molar-refractivity contribution in [2.45, 2.75) is 5.41 Å². The molecular weight excluding hydrogens is 739 g/mol. The summed E-state index contributed by atoms with van der Waals surface area (Å²) >= 11 is 0.